The summed E-state index contributed by atoms with van der Waals surface area (Å²) in [5.74, 6) is -0.310. The summed E-state index contributed by atoms with van der Waals surface area (Å²) in [5, 5.41) is 12.3. The van der Waals surface area contributed by atoms with Gasteiger partial charge in [-0.05, 0) is 26.0 Å². The van der Waals surface area contributed by atoms with E-state index in [-0.39, 0.29) is 24.3 Å². The molecule has 0 aliphatic rings. The highest BCUT2D eigenvalue weighted by Gasteiger charge is 2.19. The van der Waals surface area contributed by atoms with Crippen LogP contribution in [-0.2, 0) is 6.42 Å². The summed E-state index contributed by atoms with van der Waals surface area (Å²) in [7, 11) is 0. The minimum Gasteiger partial charge on any atom is -0.490 e. The zero-order valence-electron chi connectivity index (χ0n) is 13.9. The second-order valence-electron chi connectivity index (χ2n) is 5.45. The average Bonchev–Trinajstić information content (AvgIpc) is 3.17. The number of Topliss-reactive ketones (excluding diaryl/α,β-unsaturated/α-hetero) is 1. The first-order valence-electron chi connectivity index (χ1n) is 7.83. The minimum atomic E-state index is -1.16. The molecule has 0 saturated carbocycles. The predicted molar refractivity (Wildman–Crippen MR) is 87.2 cm³/mol. The Morgan fingerprint density at radius 2 is 2.20 bits per heavy atom. The SMILES string of the molecule is CCOc1cccn2c(C(=O)CCc3cc(C(=O)O)no3)c(C)nc12. The van der Waals surface area contributed by atoms with Crippen molar-refractivity contribution in [2.75, 3.05) is 6.61 Å². The van der Waals surface area contributed by atoms with Crippen LogP contribution in [0.1, 0.15) is 45.8 Å². The number of carbonyl (C=O) groups is 2. The van der Waals surface area contributed by atoms with Crippen LogP contribution in [0.15, 0.2) is 28.9 Å². The minimum absolute atomic E-state index is 0.119. The number of carboxylic acid groups (broad SMARTS) is 1. The molecular formula is C17H17N3O5. The van der Waals surface area contributed by atoms with E-state index in [9.17, 15) is 9.59 Å². The molecule has 3 aromatic heterocycles. The van der Waals surface area contributed by atoms with Gasteiger partial charge in [-0.3, -0.25) is 9.20 Å². The van der Waals surface area contributed by atoms with Crippen LogP contribution in [0.5, 0.6) is 5.75 Å². The second-order valence-corrected chi connectivity index (χ2v) is 5.45. The normalized spacial score (nSPS) is 11.0. The quantitative estimate of drug-likeness (QED) is 0.657. The maximum atomic E-state index is 12.6. The summed E-state index contributed by atoms with van der Waals surface area (Å²) < 4.78 is 12.2. The van der Waals surface area contributed by atoms with Crippen molar-refractivity contribution in [2.45, 2.75) is 26.7 Å². The molecule has 8 nitrogen and oxygen atoms in total. The van der Waals surface area contributed by atoms with Crippen LogP contribution in [0.3, 0.4) is 0 Å². The Hall–Kier alpha value is -3.16. The van der Waals surface area contributed by atoms with Gasteiger partial charge in [-0.1, -0.05) is 5.16 Å². The van der Waals surface area contributed by atoms with Gasteiger partial charge in [-0.25, -0.2) is 9.78 Å². The number of aromatic nitrogens is 3. The van der Waals surface area contributed by atoms with E-state index in [1.807, 2.05) is 13.0 Å². The molecular weight excluding hydrogens is 326 g/mol. The summed E-state index contributed by atoms with van der Waals surface area (Å²) in [4.78, 5) is 27.9. The molecule has 0 fully saturated rings. The van der Waals surface area contributed by atoms with Gasteiger partial charge in [0.15, 0.2) is 22.9 Å². The van der Waals surface area contributed by atoms with E-state index in [0.29, 0.717) is 35.2 Å². The third-order valence-electron chi connectivity index (χ3n) is 3.73. The van der Waals surface area contributed by atoms with Crippen molar-refractivity contribution in [3.05, 3.63) is 47.2 Å². The molecule has 0 unspecified atom stereocenters. The molecule has 8 heteroatoms. The van der Waals surface area contributed by atoms with E-state index in [4.69, 9.17) is 14.4 Å². The first-order chi connectivity index (χ1) is 12.0. The van der Waals surface area contributed by atoms with Crippen molar-refractivity contribution in [2.24, 2.45) is 0 Å². The number of nitrogens with zero attached hydrogens (tertiary/aromatic N) is 3. The maximum absolute atomic E-state index is 12.6. The lowest BCUT2D eigenvalue weighted by molar-refractivity contribution is 0.0685. The Labute approximate surface area is 143 Å². The van der Waals surface area contributed by atoms with E-state index >= 15 is 0 Å². The Bertz CT molecular complexity index is 941. The maximum Gasteiger partial charge on any atom is 0.358 e. The summed E-state index contributed by atoms with van der Waals surface area (Å²) >= 11 is 0. The number of hydrogen-bond acceptors (Lipinski definition) is 6. The van der Waals surface area contributed by atoms with Crippen LogP contribution in [-0.4, -0.2) is 38.0 Å². The first-order valence-corrected chi connectivity index (χ1v) is 7.83. The lowest BCUT2D eigenvalue weighted by Gasteiger charge is -2.05. The van der Waals surface area contributed by atoms with Gasteiger partial charge in [0, 0.05) is 25.1 Å². The fourth-order valence-corrected chi connectivity index (χ4v) is 2.65. The molecule has 130 valence electrons. The van der Waals surface area contributed by atoms with Crippen molar-refractivity contribution in [1.29, 1.82) is 0 Å². The fraction of sp³-hybridized carbons (Fsp3) is 0.294. The molecule has 0 aliphatic heterocycles. The highest BCUT2D eigenvalue weighted by molar-refractivity contribution is 5.96. The van der Waals surface area contributed by atoms with E-state index in [1.165, 1.54) is 6.07 Å². The van der Waals surface area contributed by atoms with E-state index in [0.717, 1.165) is 0 Å². The average molecular weight is 343 g/mol. The molecule has 0 aromatic carbocycles. The van der Waals surface area contributed by atoms with Gasteiger partial charge in [0.05, 0.1) is 12.3 Å². The van der Waals surface area contributed by atoms with E-state index < -0.39 is 5.97 Å². The van der Waals surface area contributed by atoms with Crippen LogP contribution in [0.4, 0.5) is 0 Å². The third-order valence-corrected chi connectivity index (χ3v) is 3.73. The monoisotopic (exact) mass is 343 g/mol. The van der Waals surface area contributed by atoms with Crippen LogP contribution in [0.25, 0.3) is 5.65 Å². The first kappa shape index (κ1) is 16.7. The van der Waals surface area contributed by atoms with Crippen molar-refractivity contribution < 1.29 is 24.0 Å². The molecule has 25 heavy (non-hydrogen) atoms. The number of rotatable bonds is 7. The standard InChI is InChI=1S/C17H17N3O5/c1-3-24-14-5-4-8-20-15(10(2)18-16(14)20)13(21)7-6-11-9-12(17(22)23)19-25-11/h4-5,8-9H,3,6-7H2,1-2H3,(H,22,23). The largest absolute Gasteiger partial charge is 0.490 e. The zero-order chi connectivity index (χ0) is 18.0. The highest BCUT2D eigenvalue weighted by atomic mass is 16.5. The van der Waals surface area contributed by atoms with Crippen LogP contribution < -0.4 is 4.74 Å². The number of carbonyl (C=O) groups excluding carboxylic acids is 1. The van der Waals surface area contributed by atoms with E-state index in [2.05, 4.69) is 10.1 Å². The Kier molecular flexibility index (Phi) is 4.51. The number of ether oxygens (including phenoxy) is 1. The number of hydrogen-bond donors (Lipinski definition) is 1. The topological polar surface area (TPSA) is 107 Å². The van der Waals surface area contributed by atoms with Crippen molar-refractivity contribution in [3.63, 3.8) is 0 Å². The van der Waals surface area contributed by atoms with Gasteiger partial charge in [-0.15, -0.1) is 0 Å². The Balaban J connectivity index is 1.83. The molecule has 0 radical (unpaired) electrons. The third kappa shape index (κ3) is 3.23. The molecule has 0 bridgehead atoms. The van der Waals surface area contributed by atoms with Gasteiger partial charge >= 0.3 is 5.97 Å². The molecule has 0 spiro atoms. The molecule has 0 atom stereocenters. The second kappa shape index (κ2) is 6.76. The lowest BCUT2D eigenvalue weighted by atomic mass is 10.1. The molecule has 3 heterocycles. The van der Waals surface area contributed by atoms with Crippen molar-refractivity contribution in [3.8, 4) is 5.75 Å². The van der Waals surface area contributed by atoms with Crippen LogP contribution in [0, 0.1) is 6.92 Å². The predicted octanol–water partition coefficient (Wildman–Crippen LogP) is 2.54. The number of fused-ring (bicyclic) bond motifs is 1. The number of pyridine rings is 1. The molecule has 0 saturated heterocycles. The van der Waals surface area contributed by atoms with Crippen LogP contribution in [0.2, 0.25) is 0 Å². The number of ketones is 1. The summed E-state index contributed by atoms with van der Waals surface area (Å²) in [5.41, 5.74) is 1.52. The van der Waals surface area contributed by atoms with Gasteiger partial charge in [0.2, 0.25) is 0 Å². The number of aromatic carboxylic acids is 1. The molecule has 3 rings (SSSR count). The Morgan fingerprint density at radius 1 is 1.40 bits per heavy atom. The lowest BCUT2D eigenvalue weighted by Crippen LogP contribution is -2.07. The molecule has 1 N–H and O–H groups in total. The van der Waals surface area contributed by atoms with Crippen molar-refractivity contribution in [1.82, 2.24) is 14.5 Å². The van der Waals surface area contributed by atoms with Gasteiger partial charge in [0.25, 0.3) is 0 Å². The highest BCUT2D eigenvalue weighted by Crippen LogP contribution is 2.23. The number of aryl methyl sites for hydroxylation is 2. The summed E-state index contributed by atoms with van der Waals surface area (Å²) in [6, 6.07) is 4.93. The Morgan fingerprint density at radius 3 is 2.88 bits per heavy atom. The van der Waals surface area contributed by atoms with Gasteiger partial charge in [-0.2, -0.15) is 0 Å². The summed E-state index contributed by atoms with van der Waals surface area (Å²) in [6.45, 7) is 4.16. The number of carboxylic acids is 1. The van der Waals surface area contributed by atoms with Gasteiger partial charge in [0.1, 0.15) is 11.5 Å². The van der Waals surface area contributed by atoms with Crippen LogP contribution >= 0.6 is 0 Å². The molecule has 0 aliphatic carbocycles. The van der Waals surface area contributed by atoms with Crippen molar-refractivity contribution >= 4 is 17.4 Å². The fourth-order valence-electron chi connectivity index (χ4n) is 2.65. The van der Waals surface area contributed by atoms with Gasteiger partial charge < -0.3 is 14.4 Å². The molecule has 3 aromatic rings. The van der Waals surface area contributed by atoms with E-state index in [1.54, 1.807) is 23.6 Å². The molecule has 0 amide bonds. The summed E-state index contributed by atoms with van der Waals surface area (Å²) in [6.07, 6.45) is 2.18. The smallest absolute Gasteiger partial charge is 0.358 e. The number of imidazole rings is 1. The zero-order valence-corrected chi connectivity index (χ0v) is 13.9.